The number of nitrogens with zero attached hydrogens (tertiary/aromatic N) is 2. The lowest BCUT2D eigenvalue weighted by Gasteiger charge is -2.16. The summed E-state index contributed by atoms with van der Waals surface area (Å²) in [5, 5.41) is 3.57. The zero-order valence-corrected chi connectivity index (χ0v) is 18.2. The van der Waals surface area contributed by atoms with Crippen LogP contribution < -0.4 is 15.6 Å². The van der Waals surface area contributed by atoms with E-state index < -0.39 is 5.82 Å². The summed E-state index contributed by atoms with van der Waals surface area (Å²) < 4.78 is 21.2. The van der Waals surface area contributed by atoms with Crippen LogP contribution in [0.4, 0.5) is 16.0 Å². The second-order valence-electron chi connectivity index (χ2n) is 7.44. The second kappa shape index (κ2) is 9.75. The van der Waals surface area contributed by atoms with Gasteiger partial charge < -0.3 is 10.1 Å². The Kier molecular flexibility index (Phi) is 7.07. The zero-order valence-electron chi connectivity index (χ0n) is 17.5. The van der Waals surface area contributed by atoms with E-state index in [4.69, 9.17) is 16.3 Å². The highest BCUT2D eigenvalue weighted by Crippen LogP contribution is 2.24. The summed E-state index contributed by atoms with van der Waals surface area (Å²) in [5.74, 6) is -0.299. The largest absolute Gasteiger partial charge is 0.488 e. The van der Waals surface area contributed by atoms with Gasteiger partial charge in [-0.25, -0.2) is 9.37 Å². The molecule has 6 nitrogen and oxygen atoms in total. The summed E-state index contributed by atoms with van der Waals surface area (Å²) >= 11 is 5.95. The van der Waals surface area contributed by atoms with Crippen LogP contribution in [-0.2, 0) is 17.8 Å². The van der Waals surface area contributed by atoms with Gasteiger partial charge in [-0.15, -0.1) is 0 Å². The molecule has 0 aliphatic rings. The number of ether oxygens (including phenoxy) is 1. The topological polar surface area (TPSA) is 73.2 Å². The lowest BCUT2D eigenvalue weighted by molar-refractivity contribution is -0.116. The molecule has 3 aromatic rings. The highest BCUT2D eigenvalue weighted by molar-refractivity contribution is 6.30. The second-order valence-corrected chi connectivity index (χ2v) is 7.88. The van der Waals surface area contributed by atoms with Gasteiger partial charge in [-0.05, 0) is 50.6 Å². The number of hydrogen-bond donors (Lipinski definition) is 1. The molecule has 0 bridgehead atoms. The molecule has 0 amide bonds. The van der Waals surface area contributed by atoms with E-state index in [9.17, 15) is 14.0 Å². The maximum atomic E-state index is 14.4. The van der Waals surface area contributed by atoms with Crippen LogP contribution in [0.2, 0.25) is 5.02 Å². The Labute approximate surface area is 184 Å². The quantitative estimate of drug-likeness (QED) is 0.544. The van der Waals surface area contributed by atoms with Crippen LogP contribution in [0.5, 0.6) is 5.75 Å². The molecular formula is C23H23ClFN3O3. The van der Waals surface area contributed by atoms with Crippen LogP contribution in [0.3, 0.4) is 0 Å². The van der Waals surface area contributed by atoms with Gasteiger partial charge >= 0.3 is 0 Å². The lowest BCUT2D eigenvalue weighted by Crippen LogP contribution is -2.28. The van der Waals surface area contributed by atoms with E-state index in [2.05, 4.69) is 10.3 Å². The van der Waals surface area contributed by atoms with E-state index in [1.165, 1.54) is 29.8 Å². The van der Waals surface area contributed by atoms with E-state index in [1.807, 2.05) is 13.8 Å². The van der Waals surface area contributed by atoms with Crippen LogP contribution in [0, 0.1) is 5.82 Å². The molecule has 0 fully saturated rings. The molecule has 1 heterocycles. The van der Waals surface area contributed by atoms with Crippen molar-refractivity contribution in [3.63, 3.8) is 0 Å². The summed E-state index contributed by atoms with van der Waals surface area (Å²) in [6.45, 7) is 5.24. The molecule has 1 aromatic heterocycles. The number of nitrogens with one attached hydrogen (secondary N) is 1. The molecular weight excluding hydrogens is 421 g/mol. The molecule has 0 aliphatic heterocycles. The zero-order chi connectivity index (χ0) is 22.5. The number of halogens is 2. The third kappa shape index (κ3) is 5.92. The van der Waals surface area contributed by atoms with Crippen LogP contribution in [-0.4, -0.2) is 21.4 Å². The van der Waals surface area contributed by atoms with Crippen molar-refractivity contribution in [1.29, 1.82) is 0 Å². The van der Waals surface area contributed by atoms with Gasteiger partial charge in [0.1, 0.15) is 5.78 Å². The van der Waals surface area contributed by atoms with Crippen LogP contribution in [0.15, 0.2) is 53.5 Å². The molecule has 162 valence electrons. The highest BCUT2D eigenvalue weighted by atomic mass is 35.5. The van der Waals surface area contributed by atoms with Crippen molar-refractivity contribution in [3.8, 4) is 5.75 Å². The molecule has 1 N–H and O–H groups in total. The molecule has 0 saturated heterocycles. The van der Waals surface area contributed by atoms with Crippen LogP contribution >= 0.6 is 11.6 Å². The summed E-state index contributed by atoms with van der Waals surface area (Å²) in [7, 11) is 0. The maximum absolute atomic E-state index is 14.4. The molecule has 0 unspecified atom stereocenters. The van der Waals surface area contributed by atoms with Gasteiger partial charge in [0.2, 0.25) is 5.95 Å². The molecule has 8 heteroatoms. The SMILES string of the molecule is CC(=O)Cc1cnc(Nc2ccc(OC(C)C)c(F)c2)n(Cc2ccc(Cl)cc2)c1=O. The fraction of sp³-hybridized carbons (Fsp3) is 0.261. The first-order valence-electron chi connectivity index (χ1n) is 9.78. The van der Waals surface area contributed by atoms with Crippen LogP contribution in [0.25, 0.3) is 0 Å². The molecule has 31 heavy (non-hydrogen) atoms. The molecule has 0 spiro atoms. The minimum absolute atomic E-state index is 0.0113. The van der Waals surface area contributed by atoms with Crippen LogP contribution in [0.1, 0.15) is 31.9 Å². The molecule has 0 aliphatic carbocycles. The predicted molar refractivity (Wildman–Crippen MR) is 119 cm³/mol. The highest BCUT2D eigenvalue weighted by Gasteiger charge is 2.14. The van der Waals surface area contributed by atoms with E-state index >= 15 is 0 Å². The maximum Gasteiger partial charge on any atom is 0.258 e. The van der Waals surface area contributed by atoms with Gasteiger partial charge in [0.05, 0.1) is 12.6 Å². The summed E-state index contributed by atoms with van der Waals surface area (Å²) in [4.78, 5) is 28.9. The van der Waals surface area contributed by atoms with E-state index in [-0.39, 0.29) is 42.1 Å². The Hall–Kier alpha value is -3.19. The van der Waals surface area contributed by atoms with Gasteiger partial charge in [0.15, 0.2) is 11.6 Å². The lowest BCUT2D eigenvalue weighted by atomic mass is 10.2. The number of hydrogen-bond acceptors (Lipinski definition) is 5. The molecule has 3 rings (SSSR count). The number of ketones is 1. The van der Waals surface area contributed by atoms with E-state index in [1.54, 1.807) is 30.3 Å². The Morgan fingerprint density at radius 1 is 1.23 bits per heavy atom. The number of rotatable bonds is 8. The minimum Gasteiger partial charge on any atom is -0.488 e. The Balaban J connectivity index is 1.97. The average Bonchev–Trinajstić information content (AvgIpc) is 2.70. The fourth-order valence-electron chi connectivity index (χ4n) is 3.00. The number of carbonyl (C=O) groups is 1. The van der Waals surface area contributed by atoms with Crippen molar-refractivity contribution in [2.24, 2.45) is 0 Å². The van der Waals surface area contributed by atoms with Crippen molar-refractivity contribution < 1.29 is 13.9 Å². The molecule has 2 aromatic carbocycles. The number of carbonyl (C=O) groups excluding carboxylic acids is 1. The monoisotopic (exact) mass is 443 g/mol. The van der Waals surface area contributed by atoms with Crippen molar-refractivity contribution in [2.45, 2.75) is 39.8 Å². The number of aromatic nitrogens is 2. The standard InChI is InChI=1S/C23H23ClFN3O3/c1-14(2)31-21-9-8-19(11-20(21)25)27-23-26-12-17(10-15(3)29)22(30)28(23)13-16-4-6-18(24)7-5-16/h4-9,11-12,14H,10,13H2,1-3H3,(H,26,27). The first-order chi connectivity index (χ1) is 14.7. The van der Waals surface area contributed by atoms with Crippen molar-refractivity contribution in [3.05, 3.63) is 81.0 Å². The summed E-state index contributed by atoms with van der Waals surface area (Å²) in [5.41, 5.74) is 1.18. The third-order valence-electron chi connectivity index (χ3n) is 4.36. The average molecular weight is 444 g/mol. The van der Waals surface area contributed by atoms with Gasteiger partial charge in [-0.2, -0.15) is 0 Å². The van der Waals surface area contributed by atoms with Crippen molar-refractivity contribution in [1.82, 2.24) is 9.55 Å². The van der Waals surface area contributed by atoms with Gasteiger partial charge in [0, 0.05) is 35.0 Å². The number of benzene rings is 2. The Morgan fingerprint density at radius 2 is 1.94 bits per heavy atom. The minimum atomic E-state index is -0.529. The number of anilines is 2. The predicted octanol–water partition coefficient (Wildman–Crippen LogP) is 4.75. The fourth-order valence-corrected chi connectivity index (χ4v) is 3.12. The first kappa shape index (κ1) is 22.5. The molecule has 0 radical (unpaired) electrons. The number of Topliss-reactive ketones (excluding diaryl/α,β-unsaturated/α-hetero) is 1. The van der Waals surface area contributed by atoms with E-state index in [0.717, 1.165) is 5.56 Å². The van der Waals surface area contributed by atoms with Crippen molar-refractivity contribution >= 4 is 29.0 Å². The Morgan fingerprint density at radius 3 is 2.55 bits per heavy atom. The van der Waals surface area contributed by atoms with E-state index in [0.29, 0.717) is 16.3 Å². The summed E-state index contributed by atoms with van der Waals surface area (Å²) in [6, 6.07) is 11.5. The van der Waals surface area contributed by atoms with Gasteiger partial charge in [-0.1, -0.05) is 23.7 Å². The summed E-state index contributed by atoms with van der Waals surface area (Å²) in [6.07, 6.45) is 1.20. The third-order valence-corrected chi connectivity index (χ3v) is 4.61. The molecule has 0 saturated carbocycles. The smallest absolute Gasteiger partial charge is 0.258 e. The van der Waals surface area contributed by atoms with Gasteiger partial charge in [-0.3, -0.25) is 14.2 Å². The first-order valence-corrected chi connectivity index (χ1v) is 10.2. The van der Waals surface area contributed by atoms with Gasteiger partial charge in [0.25, 0.3) is 5.56 Å². The van der Waals surface area contributed by atoms with Crippen molar-refractivity contribution in [2.75, 3.05) is 5.32 Å². The molecule has 0 atom stereocenters. The Bertz CT molecular complexity index is 1140. The normalized spacial score (nSPS) is 10.9.